The van der Waals surface area contributed by atoms with Crippen molar-refractivity contribution in [2.24, 2.45) is 0 Å². The van der Waals surface area contributed by atoms with Crippen molar-refractivity contribution in [1.29, 1.82) is 0 Å². The van der Waals surface area contributed by atoms with Gasteiger partial charge >= 0.3 is 0 Å². The SMILES string of the molecule is O=C(NC1CCCc2occc21)[C@@H]1CCCCN1. The molecule has 1 aliphatic heterocycles. The molecule has 1 amide bonds. The van der Waals surface area contributed by atoms with Crippen LogP contribution < -0.4 is 10.6 Å². The Morgan fingerprint density at radius 3 is 3.11 bits per heavy atom. The number of carbonyl (C=O) groups is 1. The van der Waals surface area contributed by atoms with Crippen LogP contribution in [0.15, 0.2) is 16.7 Å². The molecule has 0 aromatic carbocycles. The number of piperidine rings is 1. The maximum Gasteiger partial charge on any atom is 0.237 e. The van der Waals surface area contributed by atoms with Gasteiger partial charge < -0.3 is 15.1 Å². The first-order valence-electron chi connectivity index (χ1n) is 6.94. The zero-order valence-corrected chi connectivity index (χ0v) is 10.6. The van der Waals surface area contributed by atoms with Gasteiger partial charge in [0.1, 0.15) is 5.76 Å². The maximum atomic E-state index is 12.2. The second-order valence-electron chi connectivity index (χ2n) is 5.26. The minimum absolute atomic E-state index is 0.00368. The predicted octanol–water partition coefficient (Wildman–Crippen LogP) is 1.92. The first kappa shape index (κ1) is 11.8. The number of amides is 1. The van der Waals surface area contributed by atoms with E-state index in [0.29, 0.717) is 0 Å². The number of hydrogen-bond acceptors (Lipinski definition) is 3. The fourth-order valence-electron chi connectivity index (χ4n) is 2.98. The van der Waals surface area contributed by atoms with Gasteiger partial charge in [-0.25, -0.2) is 0 Å². The van der Waals surface area contributed by atoms with Crippen molar-refractivity contribution in [2.45, 2.75) is 50.6 Å². The lowest BCUT2D eigenvalue weighted by atomic mass is 9.93. The van der Waals surface area contributed by atoms with Crippen molar-refractivity contribution in [3.05, 3.63) is 23.7 Å². The fraction of sp³-hybridized carbons (Fsp3) is 0.643. The summed E-state index contributed by atoms with van der Waals surface area (Å²) in [7, 11) is 0. The summed E-state index contributed by atoms with van der Waals surface area (Å²) in [6, 6.07) is 2.13. The lowest BCUT2D eigenvalue weighted by Gasteiger charge is -2.27. The lowest BCUT2D eigenvalue weighted by Crippen LogP contribution is -2.47. The van der Waals surface area contributed by atoms with Crippen LogP contribution in [0.25, 0.3) is 0 Å². The average Bonchev–Trinajstić information content (AvgIpc) is 2.89. The Balaban J connectivity index is 1.65. The second kappa shape index (κ2) is 5.14. The van der Waals surface area contributed by atoms with Gasteiger partial charge in [0.05, 0.1) is 18.3 Å². The van der Waals surface area contributed by atoms with Crippen molar-refractivity contribution in [3.63, 3.8) is 0 Å². The van der Waals surface area contributed by atoms with E-state index in [-0.39, 0.29) is 18.0 Å². The van der Waals surface area contributed by atoms with Crippen molar-refractivity contribution in [2.75, 3.05) is 6.54 Å². The predicted molar refractivity (Wildman–Crippen MR) is 68.2 cm³/mol. The lowest BCUT2D eigenvalue weighted by molar-refractivity contribution is -0.124. The molecular weight excluding hydrogens is 228 g/mol. The Bertz CT molecular complexity index is 421. The quantitative estimate of drug-likeness (QED) is 0.840. The molecule has 1 unspecified atom stereocenters. The standard InChI is InChI=1S/C14H20N2O2/c17-14(12-4-1-2-8-15-12)16-11-5-3-6-13-10(11)7-9-18-13/h7,9,11-12,15H,1-6,8H2,(H,16,17)/t11?,12-/m0/s1. The van der Waals surface area contributed by atoms with E-state index >= 15 is 0 Å². The molecule has 0 saturated carbocycles. The molecule has 18 heavy (non-hydrogen) atoms. The molecule has 4 heteroatoms. The molecule has 2 N–H and O–H groups in total. The molecule has 1 aromatic rings. The number of hydrogen-bond donors (Lipinski definition) is 2. The first-order valence-corrected chi connectivity index (χ1v) is 6.94. The van der Waals surface area contributed by atoms with E-state index < -0.39 is 0 Å². The van der Waals surface area contributed by atoms with E-state index in [2.05, 4.69) is 10.6 Å². The fourth-order valence-corrected chi connectivity index (χ4v) is 2.98. The summed E-state index contributed by atoms with van der Waals surface area (Å²) in [5.74, 6) is 1.19. The molecule has 0 spiro atoms. The maximum absolute atomic E-state index is 12.2. The minimum Gasteiger partial charge on any atom is -0.469 e. The summed E-state index contributed by atoms with van der Waals surface area (Å²) in [4.78, 5) is 12.2. The summed E-state index contributed by atoms with van der Waals surface area (Å²) < 4.78 is 5.45. The van der Waals surface area contributed by atoms with E-state index in [1.54, 1.807) is 6.26 Å². The van der Waals surface area contributed by atoms with Crippen LogP contribution in [0.5, 0.6) is 0 Å². The van der Waals surface area contributed by atoms with Gasteiger partial charge in [0, 0.05) is 12.0 Å². The highest BCUT2D eigenvalue weighted by Crippen LogP contribution is 2.30. The van der Waals surface area contributed by atoms with E-state index in [9.17, 15) is 4.79 Å². The Labute approximate surface area is 107 Å². The molecule has 1 saturated heterocycles. The van der Waals surface area contributed by atoms with Gasteiger partial charge in [-0.2, -0.15) is 0 Å². The van der Waals surface area contributed by atoms with E-state index in [1.165, 1.54) is 12.0 Å². The number of rotatable bonds is 2. The average molecular weight is 248 g/mol. The molecule has 0 bridgehead atoms. The largest absolute Gasteiger partial charge is 0.469 e. The highest BCUT2D eigenvalue weighted by atomic mass is 16.3. The van der Waals surface area contributed by atoms with Crippen molar-refractivity contribution in [1.82, 2.24) is 10.6 Å². The Morgan fingerprint density at radius 2 is 2.28 bits per heavy atom. The first-order chi connectivity index (χ1) is 8.84. The van der Waals surface area contributed by atoms with E-state index in [0.717, 1.165) is 44.4 Å². The summed E-state index contributed by atoms with van der Waals surface area (Å²) in [5, 5.41) is 6.46. The topological polar surface area (TPSA) is 54.3 Å². The normalized spacial score (nSPS) is 27.6. The Kier molecular flexibility index (Phi) is 3.37. The molecule has 2 aliphatic rings. The molecule has 0 radical (unpaired) electrons. The van der Waals surface area contributed by atoms with Crippen LogP contribution in [-0.4, -0.2) is 18.5 Å². The third kappa shape index (κ3) is 2.29. The van der Waals surface area contributed by atoms with Gasteiger partial charge in [0.2, 0.25) is 5.91 Å². The molecule has 1 fully saturated rings. The van der Waals surface area contributed by atoms with Crippen LogP contribution >= 0.6 is 0 Å². The van der Waals surface area contributed by atoms with Crippen LogP contribution in [0.3, 0.4) is 0 Å². The zero-order valence-electron chi connectivity index (χ0n) is 10.6. The summed E-state index contributed by atoms with van der Waals surface area (Å²) in [6.45, 7) is 0.958. The third-order valence-corrected chi connectivity index (χ3v) is 4.00. The number of fused-ring (bicyclic) bond motifs is 1. The van der Waals surface area contributed by atoms with Crippen LogP contribution in [0, 0.1) is 0 Å². The number of carbonyl (C=O) groups excluding carboxylic acids is 1. The molecule has 1 aromatic heterocycles. The van der Waals surface area contributed by atoms with Gasteiger partial charge in [0.15, 0.2) is 0 Å². The summed E-state index contributed by atoms with van der Waals surface area (Å²) in [5.41, 5.74) is 1.17. The van der Waals surface area contributed by atoms with E-state index in [1.807, 2.05) is 6.07 Å². The summed E-state index contributed by atoms with van der Waals surface area (Å²) in [6.07, 6.45) is 8.11. The minimum atomic E-state index is -0.00368. The van der Waals surface area contributed by atoms with Crippen LogP contribution in [-0.2, 0) is 11.2 Å². The van der Waals surface area contributed by atoms with Crippen LogP contribution in [0.4, 0.5) is 0 Å². The van der Waals surface area contributed by atoms with Crippen molar-refractivity contribution < 1.29 is 9.21 Å². The van der Waals surface area contributed by atoms with Gasteiger partial charge in [0.25, 0.3) is 0 Å². The molecule has 98 valence electrons. The smallest absolute Gasteiger partial charge is 0.237 e. The zero-order chi connectivity index (χ0) is 12.4. The third-order valence-electron chi connectivity index (χ3n) is 4.00. The van der Waals surface area contributed by atoms with Crippen LogP contribution in [0.1, 0.15) is 49.5 Å². The van der Waals surface area contributed by atoms with Gasteiger partial charge in [-0.15, -0.1) is 0 Å². The Morgan fingerprint density at radius 1 is 1.33 bits per heavy atom. The van der Waals surface area contributed by atoms with Crippen LogP contribution in [0.2, 0.25) is 0 Å². The van der Waals surface area contributed by atoms with Crippen molar-refractivity contribution >= 4 is 5.91 Å². The highest BCUT2D eigenvalue weighted by Gasteiger charge is 2.27. The monoisotopic (exact) mass is 248 g/mol. The highest BCUT2D eigenvalue weighted by molar-refractivity contribution is 5.82. The van der Waals surface area contributed by atoms with Gasteiger partial charge in [-0.1, -0.05) is 6.42 Å². The van der Waals surface area contributed by atoms with Gasteiger partial charge in [-0.3, -0.25) is 4.79 Å². The van der Waals surface area contributed by atoms with E-state index in [4.69, 9.17) is 4.42 Å². The molecule has 3 rings (SSSR count). The molecular formula is C14H20N2O2. The summed E-state index contributed by atoms with van der Waals surface area (Å²) >= 11 is 0. The Hall–Kier alpha value is -1.29. The number of nitrogens with one attached hydrogen (secondary N) is 2. The molecule has 2 atom stereocenters. The number of aryl methyl sites for hydroxylation is 1. The molecule has 1 aliphatic carbocycles. The second-order valence-corrected chi connectivity index (χ2v) is 5.26. The van der Waals surface area contributed by atoms with Gasteiger partial charge in [-0.05, 0) is 38.3 Å². The number of furan rings is 1. The molecule has 4 nitrogen and oxygen atoms in total. The van der Waals surface area contributed by atoms with Crippen molar-refractivity contribution in [3.8, 4) is 0 Å². The molecule has 2 heterocycles.